The van der Waals surface area contributed by atoms with E-state index in [1.54, 1.807) is 10.6 Å². The topological polar surface area (TPSA) is 76.5 Å². The number of nitrogens with zero attached hydrogens (tertiary/aromatic N) is 3. The van der Waals surface area contributed by atoms with Gasteiger partial charge in [0, 0.05) is 25.2 Å². The summed E-state index contributed by atoms with van der Waals surface area (Å²) < 4.78 is 7.00. The van der Waals surface area contributed by atoms with Crippen LogP contribution in [0.3, 0.4) is 0 Å². The summed E-state index contributed by atoms with van der Waals surface area (Å²) in [5, 5.41) is 3.19. The third kappa shape index (κ3) is 3.37. The summed E-state index contributed by atoms with van der Waals surface area (Å²) >= 11 is 6.32. The van der Waals surface area contributed by atoms with E-state index in [2.05, 4.69) is 16.2 Å². The summed E-state index contributed by atoms with van der Waals surface area (Å²) in [6.07, 6.45) is 12.5. The van der Waals surface area contributed by atoms with Crippen molar-refractivity contribution in [2.75, 3.05) is 13.7 Å². The Kier molecular flexibility index (Phi) is 5.14. The lowest BCUT2D eigenvalue weighted by molar-refractivity contribution is -0.126. The van der Waals surface area contributed by atoms with Gasteiger partial charge in [0.05, 0.1) is 19.9 Å². The number of hydrogen-bond donors (Lipinski definition) is 1. The summed E-state index contributed by atoms with van der Waals surface area (Å²) in [6, 6.07) is 0. The van der Waals surface area contributed by atoms with E-state index in [4.69, 9.17) is 22.8 Å². The maximum absolute atomic E-state index is 12.7. The zero-order valence-electron chi connectivity index (χ0n) is 14.2. The molecule has 0 fully saturated rings. The van der Waals surface area contributed by atoms with Gasteiger partial charge in [0.15, 0.2) is 0 Å². The monoisotopic (exact) mass is 372 g/mol. The van der Waals surface area contributed by atoms with Gasteiger partial charge in [-0.15, -0.1) is 6.42 Å². The number of methoxy groups -OCH3 is 1. The Balaban J connectivity index is 1.80. The molecule has 7 nitrogen and oxygen atoms in total. The van der Waals surface area contributed by atoms with Crippen molar-refractivity contribution in [1.82, 2.24) is 19.8 Å². The zero-order valence-corrected chi connectivity index (χ0v) is 14.9. The molecule has 134 valence electrons. The molecule has 0 saturated heterocycles. The highest BCUT2D eigenvalue weighted by Crippen LogP contribution is 2.24. The van der Waals surface area contributed by atoms with Gasteiger partial charge in [0.2, 0.25) is 0 Å². The summed E-state index contributed by atoms with van der Waals surface area (Å²) in [7, 11) is 1.52. The van der Waals surface area contributed by atoms with E-state index in [-0.39, 0.29) is 18.4 Å². The van der Waals surface area contributed by atoms with Crippen LogP contribution in [0.2, 0.25) is 0 Å². The number of carbonyl (C=O) groups excluding carboxylic acids is 2. The second-order valence-electron chi connectivity index (χ2n) is 5.70. The molecule has 0 atom stereocenters. The molecule has 1 aliphatic carbocycles. The molecule has 1 N–H and O–H groups in total. The predicted molar refractivity (Wildman–Crippen MR) is 95.7 cm³/mol. The van der Waals surface area contributed by atoms with Gasteiger partial charge in [-0.2, -0.15) is 0 Å². The molecule has 2 aliphatic rings. The lowest BCUT2D eigenvalue weighted by atomic mass is 10.2. The second kappa shape index (κ2) is 7.50. The molecule has 1 aliphatic heterocycles. The number of aromatic nitrogens is 2. The van der Waals surface area contributed by atoms with E-state index in [9.17, 15) is 9.59 Å². The van der Waals surface area contributed by atoms with E-state index in [0.717, 1.165) is 0 Å². The van der Waals surface area contributed by atoms with Gasteiger partial charge < -0.3 is 19.5 Å². The molecule has 0 saturated carbocycles. The third-order valence-electron chi connectivity index (χ3n) is 4.18. The first-order chi connectivity index (χ1) is 12.5. The molecular weight excluding hydrogens is 356 g/mol. The maximum atomic E-state index is 12.7. The Hall–Kier alpha value is -2.98. The smallest absolute Gasteiger partial charge is 0.298 e. The summed E-state index contributed by atoms with van der Waals surface area (Å²) in [6.45, 7) is 1.15. The Bertz CT molecular complexity index is 889. The van der Waals surface area contributed by atoms with Crippen LogP contribution in [0.1, 0.15) is 22.7 Å². The lowest BCUT2D eigenvalue weighted by Gasteiger charge is -2.26. The predicted octanol–water partition coefficient (Wildman–Crippen LogP) is 1.53. The number of nitrogens with one attached hydrogen (secondary N) is 1. The van der Waals surface area contributed by atoms with E-state index in [1.165, 1.54) is 18.2 Å². The first kappa shape index (κ1) is 17.8. The number of halogens is 1. The number of rotatable bonds is 3. The molecule has 2 heterocycles. The number of fused-ring (bicyclic) bond motifs is 1. The Labute approximate surface area is 156 Å². The Morgan fingerprint density at radius 2 is 2.23 bits per heavy atom. The van der Waals surface area contributed by atoms with E-state index < -0.39 is 0 Å². The number of ether oxygens (including phenoxy) is 1. The minimum atomic E-state index is -0.383. The van der Waals surface area contributed by atoms with E-state index in [0.29, 0.717) is 47.5 Å². The van der Waals surface area contributed by atoms with Crippen molar-refractivity contribution in [2.24, 2.45) is 0 Å². The Morgan fingerprint density at radius 1 is 1.42 bits per heavy atom. The zero-order chi connectivity index (χ0) is 18.7. The largest absolute Gasteiger partial charge is 0.495 e. The van der Waals surface area contributed by atoms with Crippen molar-refractivity contribution in [1.29, 1.82) is 0 Å². The van der Waals surface area contributed by atoms with E-state index >= 15 is 0 Å². The minimum absolute atomic E-state index is 0.277. The number of carbonyl (C=O) groups is 2. The Morgan fingerprint density at radius 3 is 2.96 bits per heavy atom. The van der Waals surface area contributed by atoms with Crippen LogP contribution in [0.5, 0.6) is 0 Å². The van der Waals surface area contributed by atoms with Gasteiger partial charge in [-0.05, 0) is 12.0 Å². The summed E-state index contributed by atoms with van der Waals surface area (Å²) in [4.78, 5) is 30.1. The molecule has 3 rings (SSSR count). The number of imidazole rings is 1. The van der Waals surface area contributed by atoms with Crippen LogP contribution >= 0.6 is 11.6 Å². The fraction of sp³-hybridized carbons (Fsp3) is 0.278. The first-order valence-electron chi connectivity index (χ1n) is 7.96. The van der Waals surface area contributed by atoms with Crippen molar-refractivity contribution < 1.29 is 14.3 Å². The van der Waals surface area contributed by atoms with Crippen LogP contribution in [-0.4, -0.2) is 39.9 Å². The molecule has 0 spiro atoms. The summed E-state index contributed by atoms with van der Waals surface area (Å²) in [5.41, 5.74) is 0.954. The van der Waals surface area contributed by atoms with Gasteiger partial charge in [-0.3, -0.25) is 9.59 Å². The maximum Gasteiger partial charge on any atom is 0.298 e. The van der Waals surface area contributed by atoms with Gasteiger partial charge in [0.1, 0.15) is 22.3 Å². The number of hydrogen-bond acceptors (Lipinski definition) is 4. The highest BCUT2D eigenvalue weighted by Gasteiger charge is 2.25. The van der Waals surface area contributed by atoms with Crippen LogP contribution in [0.4, 0.5) is 0 Å². The molecule has 8 heteroatoms. The summed E-state index contributed by atoms with van der Waals surface area (Å²) in [5.74, 6) is 2.49. The average molecular weight is 373 g/mol. The SMILES string of the molecule is C#CC(=O)N1CCn2c(C(=O)NC3=C(Cl)C(OC)=CC=CC3)cnc2C1. The average Bonchev–Trinajstić information content (AvgIpc) is 3.00. The first-order valence-corrected chi connectivity index (χ1v) is 8.34. The normalized spacial score (nSPS) is 16.3. The molecule has 1 aromatic heterocycles. The van der Waals surface area contributed by atoms with Crippen LogP contribution in [0.15, 0.2) is 40.9 Å². The quantitative estimate of drug-likeness (QED) is 0.816. The van der Waals surface area contributed by atoms with Crippen molar-refractivity contribution in [3.05, 3.63) is 52.4 Å². The molecule has 0 radical (unpaired) electrons. The van der Waals surface area contributed by atoms with Crippen LogP contribution in [0, 0.1) is 12.3 Å². The fourth-order valence-electron chi connectivity index (χ4n) is 2.82. The third-order valence-corrected chi connectivity index (χ3v) is 4.59. The molecule has 1 aromatic rings. The molecular formula is C18H17ClN4O3. The van der Waals surface area contributed by atoms with Crippen molar-refractivity contribution in [3.8, 4) is 12.3 Å². The molecule has 0 aromatic carbocycles. The molecule has 0 unspecified atom stereocenters. The number of terminal acetylenes is 1. The van der Waals surface area contributed by atoms with E-state index in [1.807, 2.05) is 12.2 Å². The van der Waals surface area contributed by atoms with Crippen molar-refractivity contribution in [2.45, 2.75) is 19.5 Å². The molecule has 26 heavy (non-hydrogen) atoms. The minimum Gasteiger partial charge on any atom is -0.495 e. The van der Waals surface area contributed by atoms with Crippen LogP contribution in [-0.2, 0) is 22.6 Å². The lowest BCUT2D eigenvalue weighted by Crippen LogP contribution is -2.39. The second-order valence-corrected chi connectivity index (χ2v) is 6.07. The molecule has 2 amide bonds. The number of amides is 2. The highest BCUT2D eigenvalue weighted by molar-refractivity contribution is 6.32. The van der Waals surface area contributed by atoms with Crippen LogP contribution in [0.25, 0.3) is 0 Å². The highest BCUT2D eigenvalue weighted by atomic mass is 35.5. The van der Waals surface area contributed by atoms with Gasteiger partial charge in [-0.1, -0.05) is 23.8 Å². The fourth-order valence-corrected chi connectivity index (χ4v) is 3.09. The van der Waals surface area contributed by atoms with Gasteiger partial charge in [0.25, 0.3) is 11.8 Å². The molecule has 0 bridgehead atoms. The van der Waals surface area contributed by atoms with Gasteiger partial charge in [-0.25, -0.2) is 4.98 Å². The standard InChI is InChI=1S/C18H17ClN4O3/c1-3-16(24)22-8-9-23-13(10-20-15(23)11-22)18(25)21-12-6-4-5-7-14(26-2)17(12)19/h1,4-5,7,10H,6,8-9,11H2,2H3,(H,21,25). The van der Waals surface area contributed by atoms with Crippen molar-refractivity contribution >= 4 is 23.4 Å². The van der Waals surface area contributed by atoms with Crippen LogP contribution < -0.4 is 5.32 Å². The van der Waals surface area contributed by atoms with Gasteiger partial charge >= 0.3 is 0 Å². The number of allylic oxidation sites excluding steroid dienone is 4. The van der Waals surface area contributed by atoms with Crippen molar-refractivity contribution in [3.63, 3.8) is 0 Å².